The number of quaternary nitrogens is 1. The molecule has 0 aliphatic heterocycles. The van der Waals surface area contributed by atoms with Crippen LogP contribution < -0.4 is 5.43 Å². The van der Waals surface area contributed by atoms with Crippen molar-refractivity contribution in [3.05, 3.63) is 34.9 Å². The van der Waals surface area contributed by atoms with E-state index in [4.69, 9.17) is 11.6 Å². The van der Waals surface area contributed by atoms with Gasteiger partial charge in [0, 0.05) is 5.02 Å². The maximum Gasteiger partial charge on any atom is 0.295 e. The fourth-order valence-electron chi connectivity index (χ4n) is 1.19. The highest BCUT2D eigenvalue weighted by molar-refractivity contribution is 6.30. The number of rotatable bonds is 4. The van der Waals surface area contributed by atoms with Crippen LogP contribution in [0.25, 0.3) is 0 Å². The van der Waals surface area contributed by atoms with Crippen molar-refractivity contribution in [2.24, 2.45) is 5.10 Å². The Morgan fingerprint density at radius 3 is 2.47 bits per heavy atom. The van der Waals surface area contributed by atoms with Crippen LogP contribution in [0.5, 0.6) is 0 Å². The Hall–Kier alpha value is -1.39. The molecule has 92 valence electrons. The number of carbonyl (C=O) groups excluding carboxylic acids is 1. The number of nitrogens with one attached hydrogen (secondary N) is 1. The Morgan fingerprint density at radius 1 is 1.35 bits per heavy atom. The molecule has 0 aliphatic carbocycles. The third-order valence-corrected chi connectivity index (χ3v) is 2.14. The number of carbonyl (C=O) groups is 1. The molecule has 1 rings (SSSR count). The normalized spacial score (nSPS) is 11.8. The summed E-state index contributed by atoms with van der Waals surface area (Å²) >= 11 is 5.75. The largest absolute Gasteiger partial charge is 0.323 e. The average Bonchev–Trinajstić information content (AvgIpc) is 2.18. The van der Waals surface area contributed by atoms with E-state index in [0.717, 1.165) is 5.56 Å². The van der Waals surface area contributed by atoms with E-state index < -0.39 is 0 Å². The number of nitrogens with zero attached hydrogens (tertiary/aromatic N) is 2. The van der Waals surface area contributed by atoms with Crippen molar-refractivity contribution in [2.45, 2.75) is 0 Å². The molecule has 0 fully saturated rings. The van der Waals surface area contributed by atoms with Crippen LogP contribution in [-0.4, -0.2) is 44.3 Å². The lowest BCUT2D eigenvalue weighted by molar-refractivity contribution is -0.862. The average molecular weight is 255 g/mol. The summed E-state index contributed by atoms with van der Waals surface area (Å²) in [6, 6.07) is 7.21. The van der Waals surface area contributed by atoms with E-state index in [1.165, 1.54) is 0 Å². The first kappa shape index (κ1) is 13.7. The van der Waals surface area contributed by atoms with Crippen LogP contribution in [0.15, 0.2) is 29.4 Å². The van der Waals surface area contributed by atoms with Crippen LogP contribution in [-0.2, 0) is 4.79 Å². The molecule has 0 saturated heterocycles. The number of amides is 1. The first-order valence-electron chi connectivity index (χ1n) is 5.25. The second-order valence-electron chi connectivity index (χ2n) is 4.79. The Kier molecular flexibility index (Phi) is 4.66. The van der Waals surface area contributed by atoms with E-state index in [-0.39, 0.29) is 5.91 Å². The lowest BCUT2D eigenvalue weighted by Gasteiger charge is -2.21. The number of halogens is 1. The molecule has 0 unspecified atom stereocenters. The highest BCUT2D eigenvalue weighted by atomic mass is 35.5. The van der Waals surface area contributed by atoms with Gasteiger partial charge in [-0.1, -0.05) is 23.7 Å². The lowest BCUT2D eigenvalue weighted by Crippen LogP contribution is -2.43. The van der Waals surface area contributed by atoms with Gasteiger partial charge in [-0.05, 0) is 17.7 Å². The summed E-state index contributed by atoms with van der Waals surface area (Å²) in [6.07, 6.45) is 1.59. The van der Waals surface area contributed by atoms with Gasteiger partial charge in [-0.25, -0.2) is 5.43 Å². The summed E-state index contributed by atoms with van der Waals surface area (Å²) in [6.45, 7) is 0.387. The van der Waals surface area contributed by atoms with E-state index >= 15 is 0 Å². The maximum atomic E-state index is 11.4. The summed E-state index contributed by atoms with van der Waals surface area (Å²) in [7, 11) is 5.84. The first-order chi connectivity index (χ1) is 7.87. The highest BCUT2D eigenvalue weighted by Crippen LogP contribution is 2.07. The topological polar surface area (TPSA) is 41.5 Å². The zero-order valence-electron chi connectivity index (χ0n) is 10.3. The van der Waals surface area contributed by atoms with Crippen LogP contribution >= 0.6 is 11.6 Å². The number of hydrogen-bond donors (Lipinski definition) is 1. The zero-order valence-corrected chi connectivity index (χ0v) is 11.0. The van der Waals surface area contributed by atoms with E-state index in [9.17, 15) is 4.79 Å². The standard InChI is InChI=1S/C12H16ClN3O/c1-16(2,3)9-12(17)15-14-8-10-4-6-11(13)7-5-10/h4-8H,9H2,1-3H3/p+1/b14-8+. The fraction of sp³-hybridized carbons (Fsp3) is 0.333. The minimum Gasteiger partial charge on any atom is -0.323 e. The smallest absolute Gasteiger partial charge is 0.295 e. The van der Waals surface area contributed by atoms with Crippen molar-refractivity contribution in [1.82, 2.24) is 5.43 Å². The monoisotopic (exact) mass is 254 g/mol. The van der Waals surface area contributed by atoms with Crippen LogP contribution in [0, 0.1) is 0 Å². The molecule has 0 saturated carbocycles. The number of hydrogen-bond acceptors (Lipinski definition) is 2. The third kappa shape index (κ3) is 6.04. The Labute approximate surface area is 106 Å². The number of hydrazone groups is 1. The van der Waals surface area contributed by atoms with Crippen molar-refractivity contribution >= 4 is 23.7 Å². The summed E-state index contributed by atoms with van der Waals surface area (Å²) in [5.41, 5.74) is 3.37. The molecule has 5 heteroatoms. The predicted molar refractivity (Wildman–Crippen MR) is 70.1 cm³/mol. The molecule has 1 amide bonds. The number of benzene rings is 1. The minimum atomic E-state index is -0.109. The molecule has 0 atom stereocenters. The summed E-state index contributed by atoms with van der Waals surface area (Å²) in [5, 5.41) is 4.55. The van der Waals surface area contributed by atoms with Gasteiger partial charge < -0.3 is 4.48 Å². The van der Waals surface area contributed by atoms with Crippen molar-refractivity contribution in [2.75, 3.05) is 27.7 Å². The molecule has 0 spiro atoms. The molecule has 0 radical (unpaired) electrons. The van der Waals surface area contributed by atoms with Crippen molar-refractivity contribution in [1.29, 1.82) is 0 Å². The molecule has 1 aromatic carbocycles. The van der Waals surface area contributed by atoms with Gasteiger partial charge >= 0.3 is 0 Å². The molecule has 4 nitrogen and oxygen atoms in total. The van der Waals surface area contributed by atoms with Crippen molar-refractivity contribution in [3.8, 4) is 0 Å². The molecule has 0 aromatic heterocycles. The summed E-state index contributed by atoms with van der Waals surface area (Å²) in [4.78, 5) is 11.4. The van der Waals surface area contributed by atoms with E-state index in [2.05, 4.69) is 10.5 Å². The van der Waals surface area contributed by atoms with Crippen LogP contribution in [0.2, 0.25) is 5.02 Å². The second-order valence-corrected chi connectivity index (χ2v) is 5.23. The van der Waals surface area contributed by atoms with Gasteiger partial charge in [-0.2, -0.15) is 5.10 Å². The molecule has 0 heterocycles. The van der Waals surface area contributed by atoms with Gasteiger partial charge in [-0.3, -0.25) is 4.79 Å². The Balaban J connectivity index is 2.45. The quantitative estimate of drug-likeness (QED) is 0.494. The summed E-state index contributed by atoms with van der Waals surface area (Å²) in [5.74, 6) is -0.109. The first-order valence-corrected chi connectivity index (χ1v) is 5.62. The molecular formula is C12H17ClN3O+. The van der Waals surface area contributed by atoms with Gasteiger partial charge in [0.2, 0.25) is 0 Å². The fourth-order valence-corrected chi connectivity index (χ4v) is 1.32. The van der Waals surface area contributed by atoms with Crippen LogP contribution in [0.4, 0.5) is 0 Å². The van der Waals surface area contributed by atoms with Gasteiger partial charge in [0.1, 0.15) is 0 Å². The van der Waals surface area contributed by atoms with Crippen LogP contribution in [0.1, 0.15) is 5.56 Å². The lowest BCUT2D eigenvalue weighted by atomic mass is 10.2. The molecule has 0 bridgehead atoms. The molecular weight excluding hydrogens is 238 g/mol. The van der Waals surface area contributed by atoms with Crippen LogP contribution in [0.3, 0.4) is 0 Å². The Bertz CT molecular complexity index is 407. The predicted octanol–water partition coefficient (Wildman–Crippen LogP) is 1.50. The van der Waals surface area contributed by atoms with Gasteiger partial charge in [0.15, 0.2) is 6.54 Å². The second kappa shape index (κ2) is 5.80. The van der Waals surface area contributed by atoms with E-state index in [0.29, 0.717) is 16.1 Å². The minimum absolute atomic E-state index is 0.109. The highest BCUT2D eigenvalue weighted by Gasteiger charge is 2.12. The molecule has 1 N–H and O–H groups in total. The zero-order chi connectivity index (χ0) is 12.9. The van der Waals surface area contributed by atoms with Gasteiger partial charge in [-0.15, -0.1) is 0 Å². The van der Waals surface area contributed by atoms with E-state index in [1.807, 2.05) is 33.3 Å². The number of likely N-dealkylation sites (N-methyl/N-ethyl adjacent to an activating group) is 1. The van der Waals surface area contributed by atoms with Gasteiger partial charge in [0.25, 0.3) is 5.91 Å². The van der Waals surface area contributed by atoms with Crippen molar-refractivity contribution in [3.63, 3.8) is 0 Å². The SMILES string of the molecule is C[N+](C)(C)CC(=O)N/N=C/c1ccc(Cl)cc1. The molecule has 0 aliphatic rings. The van der Waals surface area contributed by atoms with E-state index in [1.54, 1.807) is 18.3 Å². The Morgan fingerprint density at radius 2 is 1.94 bits per heavy atom. The molecule has 17 heavy (non-hydrogen) atoms. The third-order valence-electron chi connectivity index (χ3n) is 1.89. The van der Waals surface area contributed by atoms with Gasteiger partial charge in [0.05, 0.1) is 27.4 Å². The van der Waals surface area contributed by atoms with Crippen molar-refractivity contribution < 1.29 is 9.28 Å². The molecule has 1 aromatic rings. The summed E-state index contributed by atoms with van der Waals surface area (Å²) < 4.78 is 0.572. The maximum absolute atomic E-state index is 11.4.